The highest BCUT2D eigenvalue weighted by atomic mass is 32.2. The van der Waals surface area contributed by atoms with Gasteiger partial charge in [-0.25, -0.2) is 21.6 Å². The zero-order valence-electron chi connectivity index (χ0n) is 15.1. The number of sulfonamides is 2. The lowest BCUT2D eigenvalue weighted by molar-refractivity contribution is 0.469. The summed E-state index contributed by atoms with van der Waals surface area (Å²) in [6, 6.07) is 13.8. The average molecular weight is 397 g/mol. The van der Waals surface area contributed by atoms with Gasteiger partial charge in [0.15, 0.2) is 0 Å². The van der Waals surface area contributed by atoms with Gasteiger partial charge in [-0.3, -0.25) is 0 Å². The molecule has 0 fully saturated rings. The molecule has 0 spiro atoms. The minimum absolute atomic E-state index is 0.00971. The molecule has 2 aromatic rings. The van der Waals surface area contributed by atoms with Crippen molar-refractivity contribution in [1.29, 1.82) is 0 Å². The van der Waals surface area contributed by atoms with E-state index in [0.29, 0.717) is 5.56 Å². The Morgan fingerprint density at radius 2 is 1.35 bits per heavy atom. The highest BCUT2D eigenvalue weighted by molar-refractivity contribution is 7.89. The number of nitrogens with one attached hydrogen (secondary N) is 1. The van der Waals surface area contributed by atoms with Crippen molar-refractivity contribution in [2.75, 3.05) is 20.1 Å². The lowest BCUT2D eigenvalue weighted by Gasteiger charge is -2.17. The summed E-state index contributed by atoms with van der Waals surface area (Å²) in [4.78, 5) is 0.188. The van der Waals surface area contributed by atoms with Gasteiger partial charge in [0.2, 0.25) is 20.0 Å². The van der Waals surface area contributed by atoms with Crippen LogP contribution >= 0.6 is 0 Å². The fraction of sp³-hybridized carbons (Fsp3) is 0.333. The van der Waals surface area contributed by atoms with Crippen molar-refractivity contribution in [3.05, 3.63) is 65.2 Å². The second-order valence-electron chi connectivity index (χ2n) is 6.28. The van der Waals surface area contributed by atoms with Crippen LogP contribution in [0.2, 0.25) is 0 Å². The van der Waals surface area contributed by atoms with Crippen LogP contribution in [0.4, 0.5) is 0 Å². The Morgan fingerprint density at radius 1 is 0.846 bits per heavy atom. The zero-order chi connectivity index (χ0) is 19.4. The van der Waals surface area contributed by atoms with Crippen molar-refractivity contribution < 1.29 is 16.8 Å². The minimum atomic E-state index is -3.64. The van der Waals surface area contributed by atoms with E-state index < -0.39 is 20.0 Å². The third kappa shape index (κ3) is 5.63. The van der Waals surface area contributed by atoms with Crippen LogP contribution in [0, 0.1) is 13.8 Å². The van der Waals surface area contributed by atoms with Crippen molar-refractivity contribution in [2.45, 2.75) is 24.5 Å². The Balaban J connectivity index is 1.93. The van der Waals surface area contributed by atoms with E-state index in [0.717, 1.165) is 15.4 Å². The summed E-state index contributed by atoms with van der Waals surface area (Å²) in [5, 5.41) is 0. The van der Waals surface area contributed by atoms with Crippen LogP contribution in [-0.4, -0.2) is 41.3 Å². The summed E-state index contributed by atoms with van der Waals surface area (Å²) in [6.45, 7) is 3.86. The lowest BCUT2D eigenvalue weighted by atomic mass is 10.2. The number of benzene rings is 2. The first-order valence-electron chi connectivity index (χ1n) is 8.16. The van der Waals surface area contributed by atoms with Crippen molar-refractivity contribution in [3.8, 4) is 0 Å². The van der Waals surface area contributed by atoms with Gasteiger partial charge in [-0.1, -0.05) is 47.5 Å². The van der Waals surface area contributed by atoms with Gasteiger partial charge in [-0.2, -0.15) is 4.31 Å². The van der Waals surface area contributed by atoms with Gasteiger partial charge in [-0.05, 0) is 31.5 Å². The number of hydrogen-bond donors (Lipinski definition) is 1. The summed E-state index contributed by atoms with van der Waals surface area (Å²) in [7, 11) is -5.74. The van der Waals surface area contributed by atoms with Gasteiger partial charge in [0.25, 0.3) is 0 Å². The zero-order valence-corrected chi connectivity index (χ0v) is 16.8. The highest BCUT2D eigenvalue weighted by Gasteiger charge is 2.21. The highest BCUT2D eigenvalue weighted by Crippen LogP contribution is 2.14. The summed E-state index contributed by atoms with van der Waals surface area (Å²) in [5.74, 6) is -0.137. The van der Waals surface area contributed by atoms with Crippen LogP contribution in [0.3, 0.4) is 0 Å². The Labute approximate surface area is 156 Å². The molecule has 142 valence electrons. The first-order valence-corrected chi connectivity index (χ1v) is 11.3. The largest absolute Gasteiger partial charge is 0.242 e. The predicted octanol–water partition coefficient (Wildman–Crippen LogP) is 2.04. The molecule has 0 heterocycles. The average Bonchev–Trinajstić information content (AvgIpc) is 2.57. The Morgan fingerprint density at radius 3 is 1.88 bits per heavy atom. The molecule has 0 aliphatic rings. The van der Waals surface area contributed by atoms with E-state index in [1.165, 1.54) is 7.05 Å². The van der Waals surface area contributed by atoms with Crippen LogP contribution in [0.25, 0.3) is 0 Å². The summed E-state index contributed by atoms with van der Waals surface area (Å²) in [6.07, 6.45) is 0. The van der Waals surface area contributed by atoms with Crippen molar-refractivity contribution >= 4 is 20.0 Å². The molecule has 6 nitrogen and oxygen atoms in total. The molecule has 2 aromatic carbocycles. The van der Waals surface area contributed by atoms with Crippen LogP contribution in [0.5, 0.6) is 0 Å². The summed E-state index contributed by atoms with van der Waals surface area (Å²) < 4.78 is 52.8. The molecule has 8 heteroatoms. The molecule has 0 saturated carbocycles. The van der Waals surface area contributed by atoms with Crippen molar-refractivity contribution in [1.82, 2.24) is 9.03 Å². The van der Waals surface area contributed by atoms with Gasteiger partial charge in [0.05, 0.1) is 10.6 Å². The van der Waals surface area contributed by atoms with E-state index in [-0.39, 0.29) is 23.7 Å². The number of likely N-dealkylation sites (N-methyl/N-ethyl adjacent to an activating group) is 1. The standard InChI is InChI=1S/C18H24N2O4S2/c1-15-4-8-17(9-5-15)14-25(21,22)19-12-13-20(3)26(23,24)18-10-6-16(2)7-11-18/h4-11,19H,12-14H2,1-3H3. The topological polar surface area (TPSA) is 83.6 Å². The van der Waals surface area contributed by atoms with E-state index >= 15 is 0 Å². The molecule has 0 aliphatic heterocycles. The maximum atomic E-state index is 12.5. The summed E-state index contributed by atoms with van der Waals surface area (Å²) >= 11 is 0. The SMILES string of the molecule is Cc1ccc(CS(=O)(=O)NCCN(C)S(=O)(=O)c2ccc(C)cc2)cc1. The van der Waals surface area contributed by atoms with Crippen LogP contribution < -0.4 is 4.72 Å². The van der Waals surface area contributed by atoms with Crippen LogP contribution in [0.15, 0.2) is 53.4 Å². The van der Waals surface area contributed by atoms with E-state index in [1.807, 2.05) is 26.0 Å². The second-order valence-corrected chi connectivity index (χ2v) is 10.1. The smallest absolute Gasteiger partial charge is 0.214 e. The molecule has 0 bridgehead atoms. The van der Waals surface area contributed by atoms with Crippen molar-refractivity contribution in [3.63, 3.8) is 0 Å². The Bertz CT molecular complexity index is 936. The molecule has 0 unspecified atom stereocenters. The monoisotopic (exact) mass is 396 g/mol. The molecule has 2 rings (SSSR count). The Kier molecular flexibility index (Phi) is 6.57. The molecular formula is C18H24N2O4S2. The third-order valence-electron chi connectivity index (χ3n) is 3.96. The molecule has 0 saturated heterocycles. The van der Waals surface area contributed by atoms with Crippen LogP contribution in [-0.2, 0) is 25.8 Å². The molecule has 0 radical (unpaired) electrons. The predicted molar refractivity (Wildman–Crippen MR) is 103 cm³/mol. The van der Waals surface area contributed by atoms with Gasteiger partial charge in [0, 0.05) is 20.1 Å². The van der Waals surface area contributed by atoms with Gasteiger partial charge < -0.3 is 0 Å². The number of hydrogen-bond acceptors (Lipinski definition) is 4. The van der Waals surface area contributed by atoms with Crippen molar-refractivity contribution in [2.24, 2.45) is 0 Å². The fourth-order valence-corrected chi connectivity index (χ4v) is 4.63. The molecule has 0 amide bonds. The number of nitrogens with zero attached hydrogens (tertiary/aromatic N) is 1. The normalized spacial score (nSPS) is 12.5. The van der Waals surface area contributed by atoms with E-state index in [9.17, 15) is 16.8 Å². The molecule has 0 aliphatic carbocycles. The van der Waals surface area contributed by atoms with Gasteiger partial charge >= 0.3 is 0 Å². The minimum Gasteiger partial charge on any atom is -0.214 e. The maximum absolute atomic E-state index is 12.5. The van der Waals surface area contributed by atoms with Gasteiger partial charge in [-0.15, -0.1) is 0 Å². The van der Waals surface area contributed by atoms with E-state index in [4.69, 9.17) is 0 Å². The molecule has 0 atom stereocenters. The van der Waals surface area contributed by atoms with E-state index in [2.05, 4.69) is 4.72 Å². The Hall–Kier alpha value is -1.74. The molecule has 0 aromatic heterocycles. The quantitative estimate of drug-likeness (QED) is 0.740. The third-order valence-corrected chi connectivity index (χ3v) is 7.18. The molecular weight excluding hydrogens is 372 g/mol. The van der Waals surface area contributed by atoms with E-state index in [1.54, 1.807) is 36.4 Å². The first-order chi connectivity index (χ1) is 12.1. The lowest BCUT2D eigenvalue weighted by Crippen LogP contribution is -2.36. The number of rotatable bonds is 8. The van der Waals surface area contributed by atoms with Crippen LogP contribution in [0.1, 0.15) is 16.7 Å². The molecule has 26 heavy (non-hydrogen) atoms. The fourth-order valence-electron chi connectivity index (χ4n) is 2.32. The molecule has 1 N–H and O–H groups in total. The number of aryl methyl sites for hydroxylation is 2. The summed E-state index contributed by atoms with van der Waals surface area (Å²) in [5.41, 5.74) is 2.71. The first kappa shape index (κ1) is 20.6. The maximum Gasteiger partial charge on any atom is 0.242 e. The van der Waals surface area contributed by atoms with Gasteiger partial charge in [0.1, 0.15) is 0 Å². The second kappa shape index (κ2) is 8.30.